The molecular formula is C23H17BrClFN2O5S. The molecule has 0 bridgehead atoms. The molecule has 0 radical (unpaired) electrons. The van der Waals surface area contributed by atoms with Gasteiger partial charge in [-0.05, 0) is 58.4 Å². The van der Waals surface area contributed by atoms with Gasteiger partial charge in [0.25, 0.3) is 10.0 Å². The lowest BCUT2D eigenvalue weighted by Gasteiger charge is -2.13. The number of rotatable bonds is 7. The minimum atomic E-state index is -4.06. The lowest BCUT2D eigenvalue weighted by atomic mass is 10.2. The van der Waals surface area contributed by atoms with E-state index in [1.54, 1.807) is 24.4 Å². The number of hydrogen-bond donors (Lipinski definition) is 1. The normalized spacial score (nSPS) is 11.3. The summed E-state index contributed by atoms with van der Waals surface area (Å²) < 4.78 is 59.3. The molecule has 11 heteroatoms. The predicted molar refractivity (Wildman–Crippen MR) is 131 cm³/mol. The smallest absolute Gasteiger partial charge is 0.262 e. The van der Waals surface area contributed by atoms with Crippen molar-refractivity contribution < 1.29 is 27.0 Å². The number of nitrogens with zero attached hydrogens (tertiary/aromatic N) is 1. The first kappa shape index (κ1) is 24.1. The van der Waals surface area contributed by atoms with Crippen LogP contribution in [0.15, 0.2) is 70.2 Å². The van der Waals surface area contributed by atoms with Gasteiger partial charge in [0, 0.05) is 28.2 Å². The van der Waals surface area contributed by atoms with Gasteiger partial charge in [-0.25, -0.2) is 12.8 Å². The number of ether oxygens (including phenoxy) is 3. The van der Waals surface area contributed by atoms with Crippen molar-refractivity contribution in [2.75, 3.05) is 18.9 Å². The van der Waals surface area contributed by atoms with E-state index in [4.69, 9.17) is 25.8 Å². The van der Waals surface area contributed by atoms with Gasteiger partial charge in [0.05, 0.1) is 35.3 Å². The van der Waals surface area contributed by atoms with Crippen LogP contribution in [0.2, 0.25) is 5.02 Å². The fraction of sp³-hybridized carbons (Fsp3) is 0.0870. The van der Waals surface area contributed by atoms with Crippen LogP contribution in [0.5, 0.6) is 23.0 Å². The Morgan fingerprint density at radius 1 is 0.971 bits per heavy atom. The maximum atomic E-state index is 14.8. The second-order valence-corrected chi connectivity index (χ2v) is 9.90. The highest BCUT2D eigenvalue weighted by Crippen LogP contribution is 2.37. The summed E-state index contributed by atoms with van der Waals surface area (Å²) in [6, 6.07) is 12.9. The minimum absolute atomic E-state index is 0.104. The van der Waals surface area contributed by atoms with E-state index in [9.17, 15) is 12.8 Å². The third-order valence-corrected chi connectivity index (χ3v) is 7.42. The van der Waals surface area contributed by atoms with Crippen LogP contribution >= 0.6 is 27.5 Å². The molecule has 4 aromatic rings. The van der Waals surface area contributed by atoms with Gasteiger partial charge >= 0.3 is 0 Å². The van der Waals surface area contributed by atoms with Crippen LogP contribution in [0.25, 0.3) is 10.9 Å². The Kier molecular flexibility index (Phi) is 6.83. The highest BCUT2D eigenvalue weighted by molar-refractivity contribution is 9.10. The summed E-state index contributed by atoms with van der Waals surface area (Å²) in [5, 5.41) is 0.836. The third-order valence-electron chi connectivity index (χ3n) is 4.82. The van der Waals surface area contributed by atoms with Crippen molar-refractivity contribution in [3.8, 4) is 23.0 Å². The van der Waals surface area contributed by atoms with Gasteiger partial charge in [-0.1, -0.05) is 11.6 Å². The molecule has 1 heterocycles. The minimum Gasteiger partial charge on any atom is -0.493 e. The molecule has 0 saturated heterocycles. The molecule has 0 spiro atoms. The van der Waals surface area contributed by atoms with E-state index in [2.05, 4.69) is 25.6 Å². The van der Waals surface area contributed by atoms with Gasteiger partial charge in [0.15, 0.2) is 17.3 Å². The average Bonchev–Trinajstić information content (AvgIpc) is 2.81. The monoisotopic (exact) mass is 566 g/mol. The number of pyridine rings is 1. The van der Waals surface area contributed by atoms with Gasteiger partial charge in [0.1, 0.15) is 11.5 Å². The molecule has 4 rings (SSSR count). The lowest BCUT2D eigenvalue weighted by molar-refractivity contribution is 0.355. The Morgan fingerprint density at radius 3 is 2.38 bits per heavy atom. The van der Waals surface area contributed by atoms with E-state index >= 15 is 0 Å². The fourth-order valence-corrected chi connectivity index (χ4v) is 4.74. The van der Waals surface area contributed by atoms with Crippen LogP contribution in [0.1, 0.15) is 0 Å². The summed E-state index contributed by atoms with van der Waals surface area (Å²) in [6.07, 6.45) is 1.55. The van der Waals surface area contributed by atoms with Crippen molar-refractivity contribution in [2.45, 2.75) is 4.90 Å². The van der Waals surface area contributed by atoms with Crippen molar-refractivity contribution in [1.82, 2.24) is 4.98 Å². The Balaban J connectivity index is 1.62. The Hall–Kier alpha value is -3.08. The molecule has 0 saturated carbocycles. The second-order valence-electron chi connectivity index (χ2n) is 6.96. The maximum absolute atomic E-state index is 14.8. The average molecular weight is 568 g/mol. The molecule has 0 fully saturated rings. The summed E-state index contributed by atoms with van der Waals surface area (Å²) in [6.45, 7) is 0. The van der Waals surface area contributed by atoms with Crippen molar-refractivity contribution in [2.24, 2.45) is 0 Å². The molecule has 176 valence electrons. The molecule has 0 amide bonds. The van der Waals surface area contributed by atoms with E-state index in [1.165, 1.54) is 44.6 Å². The number of anilines is 1. The summed E-state index contributed by atoms with van der Waals surface area (Å²) in [5.41, 5.74) is 0.352. The maximum Gasteiger partial charge on any atom is 0.262 e. The van der Waals surface area contributed by atoms with E-state index in [1.807, 2.05) is 0 Å². The molecule has 3 aromatic carbocycles. The molecule has 0 aliphatic carbocycles. The van der Waals surface area contributed by atoms with Crippen molar-refractivity contribution in [3.05, 3.63) is 76.1 Å². The van der Waals surface area contributed by atoms with Gasteiger partial charge in [-0.3, -0.25) is 9.71 Å². The zero-order chi connectivity index (χ0) is 24.5. The Bertz CT molecular complexity index is 1500. The zero-order valence-corrected chi connectivity index (χ0v) is 21.0. The van der Waals surface area contributed by atoms with Crippen molar-refractivity contribution >= 4 is 54.1 Å². The largest absolute Gasteiger partial charge is 0.493 e. The molecule has 0 unspecified atom stereocenters. The lowest BCUT2D eigenvalue weighted by Crippen LogP contribution is -2.14. The molecule has 0 aliphatic rings. The number of fused-ring (bicyclic) bond motifs is 1. The SMILES string of the molecule is COc1cc2nccc(Oc3ccc(NS(=O)(=O)c4ccc(Br)c(Cl)c4)c(F)c3)c2cc1OC. The molecule has 7 nitrogen and oxygen atoms in total. The number of aromatic nitrogens is 1. The van der Waals surface area contributed by atoms with Gasteiger partial charge in [0.2, 0.25) is 0 Å². The molecule has 0 aliphatic heterocycles. The van der Waals surface area contributed by atoms with E-state index in [0.29, 0.717) is 32.6 Å². The number of nitrogens with one attached hydrogen (secondary N) is 1. The first-order chi connectivity index (χ1) is 16.2. The van der Waals surface area contributed by atoms with Crippen molar-refractivity contribution in [3.63, 3.8) is 0 Å². The molecule has 0 atom stereocenters. The number of methoxy groups -OCH3 is 2. The van der Waals surface area contributed by atoms with Crippen LogP contribution < -0.4 is 18.9 Å². The first-order valence-electron chi connectivity index (χ1n) is 9.68. The molecule has 34 heavy (non-hydrogen) atoms. The quantitative estimate of drug-likeness (QED) is 0.278. The van der Waals surface area contributed by atoms with Crippen LogP contribution in [-0.2, 0) is 10.0 Å². The number of sulfonamides is 1. The fourth-order valence-electron chi connectivity index (χ4n) is 3.15. The number of halogens is 3. The van der Waals surface area contributed by atoms with E-state index in [-0.39, 0.29) is 21.4 Å². The molecule has 1 N–H and O–H groups in total. The highest BCUT2D eigenvalue weighted by Gasteiger charge is 2.18. The van der Waals surface area contributed by atoms with Crippen LogP contribution in [0.4, 0.5) is 10.1 Å². The van der Waals surface area contributed by atoms with Gasteiger partial charge in [-0.15, -0.1) is 0 Å². The summed E-state index contributed by atoms with van der Waals surface area (Å²) >= 11 is 9.18. The van der Waals surface area contributed by atoms with Gasteiger partial charge < -0.3 is 14.2 Å². The second kappa shape index (κ2) is 9.65. The highest BCUT2D eigenvalue weighted by atomic mass is 79.9. The number of hydrogen-bond acceptors (Lipinski definition) is 6. The number of benzene rings is 3. The molecule has 1 aromatic heterocycles. The topological polar surface area (TPSA) is 86.8 Å². The van der Waals surface area contributed by atoms with Crippen molar-refractivity contribution in [1.29, 1.82) is 0 Å². The zero-order valence-electron chi connectivity index (χ0n) is 17.8. The van der Waals surface area contributed by atoms with E-state index < -0.39 is 15.8 Å². The predicted octanol–water partition coefficient (Wildman–Crippen LogP) is 6.40. The van der Waals surface area contributed by atoms with E-state index in [0.717, 1.165) is 6.07 Å². The Morgan fingerprint density at radius 2 is 1.71 bits per heavy atom. The van der Waals surface area contributed by atoms with Crippen LogP contribution in [0, 0.1) is 5.82 Å². The Labute approximate surface area is 208 Å². The summed E-state index contributed by atoms with van der Waals surface area (Å²) in [4.78, 5) is 4.20. The van der Waals surface area contributed by atoms with Gasteiger partial charge in [-0.2, -0.15) is 0 Å². The third kappa shape index (κ3) is 4.89. The molecular weight excluding hydrogens is 551 g/mol. The summed E-state index contributed by atoms with van der Waals surface area (Å²) in [5.74, 6) is 0.741. The first-order valence-corrected chi connectivity index (χ1v) is 12.3. The summed E-state index contributed by atoms with van der Waals surface area (Å²) in [7, 11) is -1.03. The standard InChI is InChI=1S/C23H17BrClFN2O5S/c1-31-22-11-15-20(12-23(22)32-2)27-8-7-21(15)33-13-3-6-19(18(26)9-13)28-34(29,30)14-4-5-16(24)17(25)10-14/h3-12,28H,1-2H3. The van der Waals surface area contributed by atoms with Crippen LogP contribution in [-0.4, -0.2) is 27.6 Å². The van der Waals surface area contributed by atoms with Crippen LogP contribution in [0.3, 0.4) is 0 Å².